The molecule has 0 spiro atoms. The zero-order valence-corrected chi connectivity index (χ0v) is 20.4. The topological polar surface area (TPSA) is 109 Å². The summed E-state index contributed by atoms with van der Waals surface area (Å²) in [6.07, 6.45) is -0.220. The first-order valence-corrected chi connectivity index (χ1v) is 10.6. The van der Waals surface area contributed by atoms with E-state index in [1.165, 1.54) is 6.07 Å². The van der Waals surface area contributed by atoms with Gasteiger partial charge in [-0.05, 0) is 50.6 Å². The average Bonchev–Trinajstić information content (AvgIpc) is 2.80. The molecule has 1 aliphatic rings. The van der Waals surface area contributed by atoms with Gasteiger partial charge in [-0.25, -0.2) is 8.78 Å². The highest BCUT2D eigenvalue weighted by Crippen LogP contribution is 2.31. The number of piperidine rings is 1. The monoisotopic (exact) mass is 518 g/mol. The SMILES string of the molecule is CCO[C@H](C(=O)NCc1ccc(C(=N)N)cc1)c1c(F)ccc(OC2CCNCC2)c1F.Cl.Cl. The molecule has 0 unspecified atom stereocenters. The fraction of sp³-hybridized carbons (Fsp3) is 0.391. The Hall–Kier alpha value is -2.46. The average molecular weight is 519 g/mol. The Bertz CT molecular complexity index is 958. The molecule has 1 heterocycles. The minimum Gasteiger partial charge on any atom is -0.487 e. The molecule has 2 aromatic rings. The summed E-state index contributed by atoms with van der Waals surface area (Å²) in [7, 11) is 0. The summed E-state index contributed by atoms with van der Waals surface area (Å²) in [4.78, 5) is 12.8. The largest absolute Gasteiger partial charge is 0.487 e. The van der Waals surface area contributed by atoms with E-state index in [-0.39, 0.29) is 55.7 Å². The highest BCUT2D eigenvalue weighted by molar-refractivity contribution is 5.94. The maximum absolute atomic E-state index is 15.2. The third-order valence-corrected chi connectivity index (χ3v) is 5.24. The lowest BCUT2D eigenvalue weighted by Crippen LogP contribution is -2.34. The van der Waals surface area contributed by atoms with Crippen molar-refractivity contribution in [3.05, 3.63) is 64.7 Å². The van der Waals surface area contributed by atoms with Gasteiger partial charge >= 0.3 is 0 Å². The van der Waals surface area contributed by atoms with E-state index in [1.807, 2.05) is 0 Å². The first-order valence-electron chi connectivity index (χ1n) is 10.6. The zero-order valence-electron chi connectivity index (χ0n) is 18.7. The van der Waals surface area contributed by atoms with Gasteiger partial charge in [-0.15, -0.1) is 24.8 Å². The molecule has 5 N–H and O–H groups in total. The lowest BCUT2D eigenvalue weighted by atomic mass is 10.1. The Morgan fingerprint density at radius 1 is 1.18 bits per heavy atom. The Balaban J connectivity index is 0.00000289. The van der Waals surface area contributed by atoms with E-state index in [1.54, 1.807) is 31.2 Å². The normalized spacial score (nSPS) is 14.3. The van der Waals surface area contributed by atoms with Gasteiger partial charge in [0.05, 0.1) is 5.56 Å². The van der Waals surface area contributed by atoms with Crippen molar-refractivity contribution < 1.29 is 23.0 Å². The van der Waals surface area contributed by atoms with Crippen molar-refractivity contribution in [1.82, 2.24) is 10.6 Å². The van der Waals surface area contributed by atoms with Gasteiger partial charge in [0.1, 0.15) is 17.8 Å². The van der Waals surface area contributed by atoms with E-state index in [2.05, 4.69) is 10.6 Å². The van der Waals surface area contributed by atoms with E-state index >= 15 is 4.39 Å². The molecule has 1 amide bonds. The van der Waals surface area contributed by atoms with Gasteiger partial charge in [-0.3, -0.25) is 10.2 Å². The second kappa shape index (κ2) is 14.1. The Kier molecular flexibility index (Phi) is 12.2. The Labute approximate surface area is 210 Å². The van der Waals surface area contributed by atoms with Gasteiger partial charge in [0.15, 0.2) is 17.7 Å². The zero-order chi connectivity index (χ0) is 23.1. The quantitative estimate of drug-likeness (QED) is 0.299. The Morgan fingerprint density at radius 3 is 2.41 bits per heavy atom. The van der Waals surface area contributed by atoms with Crippen LogP contribution in [-0.4, -0.2) is 37.5 Å². The van der Waals surface area contributed by atoms with E-state index in [4.69, 9.17) is 20.6 Å². The van der Waals surface area contributed by atoms with Crippen LogP contribution in [0.4, 0.5) is 8.78 Å². The number of nitrogens with two attached hydrogens (primary N) is 1. The van der Waals surface area contributed by atoms with Crippen LogP contribution in [0.1, 0.15) is 42.6 Å². The van der Waals surface area contributed by atoms with Crippen LogP contribution < -0.4 is 21.1 Å². The number of hydrogen-bond donors (Lipinski definition) is 4. The fourth-order valence-corrected chi connectivity index (χ4v) is 3.51. The minimum absolute atomic E-state index is 0. The molecule has 3 rings (SSSR count). The summed E-state index contributed by atoms with van der Waals surface area (Å²) in [5, 5.41) is 13.3. The van der Waals surface area contributed by atoms with Crippen molar-refractivity contribution in [2.24, 2.45) is 5.73 Å². The van der Waals surface area contributed by atoms with Gasteiger partial charge in [0.2, 0.25) is 0 Å². The number of nitrogen functional groups attached to an aromatic ring is 1. The third kappa shape index (κ3) is 7.53. The van der Waals surface area contributed by atoms with Crippen LogP contribution in [0.25, 0.3) is 0 Å². The van der Waals surface area contributed by atoms with Crippen molar-refractivity contribution >= 4 is 36.6 Å². The molecule has 188 valence electrons. The summed E-state index contributed by atoms with van der Waals surface area (Å²) in [6, 6.07) is 9.07. The number of rotatable bonds is 9. The first-order chi connectivity index (χ1) is 15.4. The maximum atomic E-state index is 15.2. The number of amides is 1. The summed E-state index contributed by atoms with van der Waals surface area (Å²) in [6.45, 7) is 3.38. The molecule has 7 nitrogen and oxygen atoms in total. The van der Waals surface area contributed by atoms with Gasteiger partial charge in [0, 0.05) is 18.7 Å². The number of carbonyl (C=O) groups is 1. The summed E-state index contributed by atoms with van der Waals surface area (Å²) < 4.78 is 41.0. The number of amidine groups is 1. The van der Waals surface area contributed by atoms with Crippen molar-refractivity contribution in [3.8, 4) is 5.75 Å². The van der Waals surface area contributed by atoms with Gasteiger partial charge < -0.3 is 25.8 Å². The molecule has 2 aromatic carbocycles. The highest BCUT2D eigenvalue weighted by atomic mass is 35.5. The maximum Gasteiger partial charge on any atom is 0.254 e. The fourth-order valence-electron chi connectivity index (χ4n) is 3.51. The molecule has 34 heavy (non-hydrogen) atoms. The molecule has 1 fully saturated rings. The van der Waals surface area contributed by atoms with E-state index in [9.17, 15) is 9.18 Å². The molecule has 0 aromatic heterocycles. The second-order valence-corrected chi connectivity index (χ2v) is 7.50. The number of nitrogens with one attached hydrogen (secondary N) is 3. The molecular formula is C23H30Cl2F2N4O3. The molecule has 1 saturated heterocycles. The molecule has 0 bridgehead atoms. The number of ether oxygens (including phenoxy) is 2. The predicted molar refractivity (Wildman–Crippen MR) is 131 cm³/mol. The highest BCUT2D eigenvalue weighted by Gasteiger charge is 2.30. The van der Waals surface area contributed by atoms with E-state index in [0.29, 0.717) is 18.4 Å². The van der Waals surface area contributed by atoms with Crippen LogP contribution in [0.3, 0.4) is 0 Å². The first kappa shape index (κ1) is 29.6. The van der Waals surface area contributed by atoms with Gasteiger partial charge in [-0.2, -0.15) is 0 Å². The number of halogens is 4. The molecule has 11 heteroatoms. The molecule has 1 atom stereocenters. The smallest absolute Gasteiger partial charge is 0.254 e. The van der Waals surface area contributed by atoms with Gasteiger partial charge in [-0.1, -0.05) is 24.3 Å². The van der Waals surface area contributed by atoms with Crippen LogP contribution >= 0.6 is 24.8 Å². The molecule has 0 radical (unpaired) electrons. The van der Waals surface area contributed by atoms with E-state index < -0.39 is 29.2 Å². The van der Waals surface area contributed by atoms with Crippen molar-refractivity contribution in [2.45, 2.75) is 38.5 Å². The molecule has 0 aliphatic carbocycles. The summed E-state index contributed by atoms with van der Waals surface area (Å²) >= 11 is 0. The lowest BCUT2D eigenvalue weighted by molar-refractivity contribution is -0.133. The third-order valence-electron chi connectivity index (χ3n) is 5.24. The molecular weight excluding hydrogens is 489 g/mol. The number of carbonyl (C=O) groups excluding carboxylic acids is 1. The Morgan fingerprint density at radius 2 is 1.82 bits per heavy atom. The van der Waals surface area contributed by atoms with Crippen LogP contribution in [0.15, 0.2) is 36.4 Å². The lowest BCUT2D eigenvalue weighted by Gasteiger charge is -2.25. The van der Waals surface area contributed by atoms with Crippen LogP contribution in [0, 0.1) is 17.0 Å². The van der Waals surface area contributed by atoms with Crippen LogP contribution in [0.5, 0.6) is 5.75 Å². The van der Waals surface area contributed by atoms with E-state index in [0.717, 1.165) is 24.7 Å². The molecule has 0 saturated carbocycles. The second-order valence-electron chi connectivity index (χ2n) is 7.50. The van der Waals surface area contributed by atoms with Crippen molar-refractivity contribution in [2.75, 3.05) is 19.7 Å². The van der Waals surface area contributed by atoms with Crippen LogP contribution in [-0.2, 0) is 16.1 Å². The number of hydrogen-bond acceptors (Lipinski definition) is 5. The van der Waals surface area contributed by atoms with Crippen LogP contribution in [0.2, 0.25) is 0 Å². The number of benzene rings is 2. The summed E-state index contributed by atoms with van der Waals surface area (Å²) in [5.74, 6) is -2.62. The molecule has 1 aliphatic heterocycles. The summed E-state index contributed by atoms with van der Waals surface area (Å²) in [5.41, 5.74) is 6.26. The van der Waals surface area contributed by atoms with Crippen molar-refractivity contribution in [3.63, 3.8) is 0 Å². The standard InChI is InChI=1S/C23H28F2N4O3.2ClH/c1-2-31-21(23(30)29-13-14-3-5-15(6-4-14)22(26)27)19-17(24)7-8-18(20(19)25)32-16-9-11-28-12-10-16;;/h3-8,16,21,28H,2,9-13H2,1H3,(H3,26,27)(H,29,30);2*1H/t21-;;/m0../s1. The minimum atomic E-state index is -1.46. The predicted octanol–water partition coefficient (Wildman–Crippen LogP) is 3.62. The van der Waals surface area contributed by atoms with Gasteiger partial charge in [0.25, 0.3) is 5.91 Å². The van der Waals surface area contributed by atoms with Crippen molar-refractivity contribution in [1.29, 1.82) is 5.41 Å².